The Morgan fingerprint density at radius 3 is 2.26 bits per heavy atom. The highest BCUT2D eigenvalue weighted by atomic mass is 16.5. The zero-order chi connectivity index (χ0) is 32.2. The van der Waals surface area contributed by atoms with E-state index in [-0.39, 0.29) is 11.5 Å². The summed E-state index contributed by atoms with van der Waals surface area (Å²) in [5.74, 6) is 1.93. The molecule has 1 atom stereocenters. The van der Waals surface area contributed by atoms with E-state index in [0.29, 0.717) is 5.56 Å². The van der Waals surface area contributed by atoms with Crippen LogP contribution in [0.4, 0.5) is 0 Å². The van der Waals surface area contributed by atoms with Crippen molar-refractivity contribution in [1.82, 2.24) is 4.98 Å². The van der Waals surface area contributed by atoms with Gasteiger partial charge in [0.2, 0.25) is 0 Å². The van der Waals surface area contributed by atoms with Gasteiger partial charge >= 0.3 is 0 Å². The normalized spacial score (nSPS) is 12.0. The third kappa shape index (κ3) is 13.7. The topological polar surface area (TPSA) is 108 Å². The van der Waals surface area contributed by atoms with Gasteiger partial charge in [-0.25, -0.2) is 0 Å². The van der Waals surface area contributed by atoms with Crippen LogP contribution in [0.2, 0.25) is 0 Å². The molecule has 6 nitrogen and oxygen atoms in total. The number of nitrogens with zero attached hydrogens (tertiary/aromatic N) is 2. The van der Waals surface area contributed by atoms with Gasteiger partial charge in [-0.3, -0.25) is 15.4 Å². The van der Waals surface area contributed by atoms with Crippen LogP contribution in [0, 0.1) is 30.6 Å². The molecule has 0 saturated heterocycles. The van der Waals surface area contributed by atoms with Crippen molar-refractivity contribution in [3.05, 3.63) is 87.8 Å². The van der Waals surface area contributed by atoms with Crippen LogP contribution in [-0.2, 0) is 6.42 Å². The molecule has 1 heterocycles. The molecule has 0 spiro atoms. The number of nitrogens with two attached hydrogens (primary N) is 1. The van der Waals surface area contributed by atoms with E-state index in [4.69, 9.17) is 21.3 Å². The summed E-state index contributed by atoms with van der Waals surface area (Å²) < 4.78 is 5.28. The molecule has 230 valence electrons. The Kier molecular flexibility index (Phi) is 19.1. The molecule has 0 radical (unpaired) electrons. The number of aromatic nitrogens is 1. The molecule has 42 heavy (non-hydrogen) atoms. The van der Waals surface area contributed by atoms with E-state index >= 15 is 0 Å². The van der Waals surface area contributed by atoms with Gasteiger partial charge in [-0.15, -0.1) is 0 Å². The van der Waals surface area contributed by atoms with Gasteiger partial charge in [0.25, 0.3) is 0 Å². The summed E-state index contributed by atoms with van der Waals surface area (Å²) in [7, 11) is 3.28. The Morgan fingerprint density at radius 2 is 1.79 bits per heavy atom. The van der Waals surface area contributed by atoms with Crippen LogP contribution in [-0.4, -0.2) is 36.9 Å². The van der Waals surface area contributed by atoms with Crippen molar-refractivity contribution in [2.24, 2.45) is 16.6 Å². The van der Waals surface area contributed by atoms with Crippen LogP contribution in [0.15, 0.2) is 64.8 Å². The Bertz CT molecular complexity index is 1260. The Labute approximate surface area is 255 Å². The number of allylic oxidation sites excluding steroid dienone is 6. The third-order valence-electron chi connectivity index (χ3n) is 6.82. The fourth-order valence-corrected chi connectivity index (χ4v) is 3.68. The summed E-state index contributed by atoms with van der Waals surface area (Å²) in [6, 6.07) is 8.23. The Hall–Kier alpha value is -3.80. The fraction of sp³-hybridized carbons (Fsp3) is 0.444. The number of ether oxygens (including phenoxy) is 1. The first-order chi connectivity index (χ1) is 19.9. The number of pyridine rings is 1. The first-order valence-corrected chi connectivity index (χ1v) is 14.8. The number of amidine groups is 1. The van der Waals surface area contributed by atoms with Crippen LogP contribution < -0.4 is 10.5 Å². The summed E-state index contributed by atoms with van der Waals surface area (Å²) in [4.78, 5) is 8.11. The number of hydrogen-bond donors (Lipinski definition) is 3. The number of hydrogen-bond acceptors (Lipinski definition) is 5. The van der Waals surface area contributed by atoms with E-state index in [1.54, 1.807) is 20.4 Å². The van der Waals surface area contributed by atoms with Crippen molar-refractivity contribution in [1.29, 1.82) is 10.8 Å². The van der Waals surface area contributed by atoms with Gasteiger partial charge in [0.1, 0.15) is 17.3 Å². The largest absolute Gasteiger partial charge is 0.496 e. The van der Waals surface area contributed by atoms with E-state index in [9.17, 15) is 0 Å². The lowest BCUT2D eigenvalue weighted by molar-refractivity contribution is 0.409. The van der Waals surface area contributed by atoms with E-state index in [1.807, 2.05) is 26.8 Å². The Balaban J connectivity index is 0.000000635. The zero-order valence-corrected chi connectivity index (χ0v) is 28.0. The molecule has 4 N–H and O–H groups in total. The summed E-state index contributed by atoms with van der Waals surface area (Å²) in [5.41, 5.74) is 13.9. The summed E-state index contributed by atoms with van der Waals surface area (Å²) in [6.45, 7) is 18.8. The molecule has 0 amide bonds. The van der Waals surface area contributed by atoms with Gasteiger partial charge in [-0.2, -0.15) is 0 Å². The molecule has 0 bridgehead atoms. The van der Waals surface area contributed by atoms with Gasteiger partial charge in [-0.05, 0) is 82.2 Å². The van der Waals surface area contributed by atoms with Crippen molar-refractivity contribution < 1.29 is 4.74 Å². The second-order valence-corrected chi connectivity index (χ2v) is 10.6. The molecule has 0 fully saturated rings. The quantitative estimate of drug-likeness (QED) is 0.142. The highest BCUT2D eigenvalue weighted by molar-refractivity contribution is 6.46. The zero-order valence-electron chi connectivity index (χ0n) is 28.0. The highest BCUT2D eigenvalue weighted by Gasteiger charge is 2.11. The minimum absolute atomic E-state index is 0.174. The molecule has 0 aliphatic carbocycles. The summed E-state index contributed by atoms with van der Waals surface area (Å²) in [5, 5.41) is 15.4. The first kappa shape index (κ1) is 38.2. The van der Waals surface area contributed by atoms with Gasteiger partial charge in [0, 0.05) is 30.6 Å². The van der Waals surface area contributed by atoms with Crippen LogP contribution in [0.3, 0.4) is 0 Å². The predicted octanol–water partition coefficient (Wildman–Crippen LogP) is 9.09. The fourth-order valence-electron chi connectivity index (χ4n) is 3.68. The monoisotopic (exact) mass is 573 g/mol. The maximum atomic E-state index is 7.93. The standard InChI is InChI=1S/C14H19N5.C11H16O.C11H20/c1-8(2)10(6-15)12-5-9(3)11(7-19-12)13(16)14(17)18-4;1-4-5-10-7-6-9(2)8-11(10)12-3;1-5-10(3)8-7-9-11(4)6-2/h5-7,15-16H,1-4H3,(H2,17,18);6-8H,4-5H2,1-3H3;7-10H,5-6H2,1-4H3/b;;8-7-,11-9+. The first-order valence-electron chi connectivity index (χ1n) is 14.8. The molecule has 0 aliphatic heterocycles. The van der Waals surface area contributed by atoms with Crippen molar-refractivity contribution in [2.45, 2.75) is 88.0 Å². The molecule has 1 aromatic heterocycles. The highest BCUT2D eigenvalue weighted by Crippen LogP contribution is 2.21. The summed E-state index contributed by atoms with van der Waals surface area (Å²) in [6.07, 6.45) is 14.2. The lowest BCUT2D eigenvalue weighted by Gasteiger charge is -2.10. The Morgan fingerprint density at radius 1 is 1.12 bits per heavy atom. The minimum atomic E-state index is 0.174. The molecular weight excluding hydrogens is 518 g/mol. The van der Waals surface area contributed by atoms with Crippen LogP contribution in [0.5, 0.6) is 5.75 Å². The molecule has 2 rings (SSSR count). The van der Waals surface area contributed by atoms with Crippen LogP contribution in [0.25, 0.3) is 5.57 Å². The lowest BCUT2D eigenvalue weighted by atomic mass is 10.0. The van der Waals surface area contributed by atoms with Crippen molar-refractivity contribution >= 4 is 23.3 Å². The van der Waals surface area contributed by atoms with Crippen LogP contribution in [0.1, 0.15) is 95.7 Å². The molecule has 2 aromatic rings. The minimum Gasteiger partial charge on any atom is -0.496 e. The second kappa shape index (κ2) is 21.0. The van der Waals surface area contributed by atoms with Crippen molar-refractivity contribution in [2.75, 3.05) is 14.2 Å². The van der Waals surface area contributed by atoms with Gasteiger partial charge in [0.05, 0.1) is 12.8 Å². The van der Waals surface area contributed by atoms with Gasteiger partial charge in [0.15, 0.2) is 0 Å². The van der Waals surface area contributed by atoms with E-state index in [2.05, 4.69) is 87.9 Å². The second-order valence-electron chi connectivity index (χ2n) is 10.6. The lowest BCUT2D eigenvalue weighted by Crippen LogP contribution is -2.24. The van der Waals surface area contributed by atoms with E-state index < -0.39 is 0 Å². The van der Waals surface area contributed by atoms with Crippen molar-refractivity contribution in [3.63, 3.8) is 0 Å². The van der Waals surface area contributed by atoms with E-state index in [1.165, 1.54) is 35.8 Å². The third-order valence-corrected chi connectivity index (χ3v) is 6.82. The predicted molar refractivity (Wildman–Crippen MR) is 185 cm³/mol. The molecule has 1 aromatic carbocycles. The number of methoxy groups -OCH3 is 1. The molecular formula is C36H55N5O. The number of aryl methyl sites for hydroxylation is 3. The number of rotatable bonds is 11. The van der Waals surface area contributed by atoms with Gasteiger partial charge in [-0.1, -0.05) is 82.0 Å². The van der Waals surface area contributed by atoms with E-state index in [0.717, 1.165) is 46.9 Å². The molecule has 0 aliphatic rings. The van der Waals surface area contributed by atoms with Crippen LogP contribution >= 0.6 is 0 Å². The SMILES string of the molecule is CC/C(C)=C/C=C\C(C)CC.CCCc1ccc(C)cc1OC.CN=C(N)C(=N)c1cnc(C(C=N)=C(C)C)cc1C. The molecule has 0 saturated carbocycles. The summed E-state index contributed by atoms with van der Waals surface area (Å²) >= 11 is 0. The van der Waals surface area contributed by atoms with Crippen molar-refractivity contribution in [3.8, 4) is 5.75 Å². The smallest absolute Gasteiger partial charge is 0.144 e. The molecule has 1 unspecified atom stereocenters. The average molecular weight is 574 g/mol. The van der Waals surface area contributed by atoms with Gasteiger partial charge < -0.3 is 15.9 Å². The average Bonchev–Trinajstić information content (AvgIpc) is 2.98. The maximum absolute atomic E-state index is 7.93. The number of nitrogens with one attached hydrogen (secondary N) is 2. The molecule has 6 heteroatoms. The number of benzene rings is 1. The number of aliphatic imine (C=N–C) groups is 1. The maximum Gasteiger partial charge on any atom is 0.144 e.